The van der Waals surface area contributed by atoms with E-state index in [9.17, 15) is 14.4 Å². The minimum Gasteiger partial charge on any atom is -0.348 e. The lowest BCUT2D eigenvalue weighted by atomic mass is 10.1. The van der Waals surface area contributed by atoms with Crippen molar-refractivity contribution in [3.63, 3.8) is 0 Å². The molecule has 1 N–H and O–H groups in total. The maximum Gasteiger partial charge on any atom is 0.346 e. The highest BCUT2D eigenvalue weighted by Gasteiger charge is 2.30. The summed E-state index contributed by atoms with van der Waals surface area (Å²) < 4.78 is 2.42. The second-order valence-corrected chi connectivity index (χ2v) is 7.83. The maximum atomic E-state index is 12.9. The largest absolute Gasteiger partial charge is 0.348 e. The molecule has 3 aromatic rings. The van der Waals surface area contributed by atoms with Crippen molar-refractivity contribution >= 4 is 11.8 Å². The summed E-state index contributed by atoms with van der Waals surface area (Å²) in [6.45, 7) is 4.87. The minimum atomic E-state index is -0.443. The molecule has 2 aromatic carbocycles. The van der Waals surface area contributed by atoms with Crippen LogP contribution >= 0.6 is 0 Å². The molecule has 1 aliphatic rings. The Morgan fingerprint density at radius 2 is 1.87 bits per heavy atom. The van der Waals surface area contributed by atoms with Crippen LogP contribution in [0.1, 0.15) is 40.3 Å². The molecule has 2 amide bonds. The molecule has 0 saturated carbocycles. The van der Waals surface area contributed by atoms with E-state index in [-0.39, 0.29) is 30.2 Å². The van der Waals surface area contributed by atoms with E-state index in [2.05, 4.69) is 10.4 Å². The Kier molecular flexibility index (Phi) is 5.70. The molecule has 160 valence electrons. The van der Waals surface area contributed by atoms with Crippen LogP contribution in [0.25, 0.3) is 0 Å². The smallest absolute Gasteiger partial charge is 0.346 e. The molecule has 8 nitrogen and oxygen atoms in total. The molecule has 4 rings (SSSR count). The number of aryl methyl sites for hydroxylation is 1. The second-order valence-electron chi connectivity index (χ2n) is 7.83. The van der Waals surface area contributed by atoms with Crippen molar-refractivity contribution in [1.29, 1.82) is 0 Å². The van der Waals surface area contributed by atoms with Crippen LogP contribution in [0.2, 0.25) is 0 Å². The molecule has 0 radical (unpaired) electrons. The van der Waals surface area contributed by atoms with Crippen LogP contribution in [0.15, 0.2) is 59.4 Å². The fourth-order valence-corrected chi connectivity index (χ4v) is 3.80. The average Bonchev–Trinajstić information content (AvgIpc) is 3.07. The first-order chi connectivity index (χ1) is 14.9. The number of benzene rings is 2. The Labute approximate surface area is 180 Å². The van der Waals surface area contributed by atoms with E-state index in [1.807, 2.05) is 68.4 Å². The molecule has 0 fully saturated rings. The van der Waals surface area contributed by atoms with Gasteiger partial charge in [0.25, 0.3) is 5.91 Å². The Morgan fingerprint density at radius 1 is 1.10 bits per heavy atom. The summed E-state index contributed by atoms with van der Waals surface area (Å²) in [4.78, 5) is 39.7. The topological polar surface area (TPSA) is 89.2 Å². The van der Waals surface area contributed by atoms with Crippen molar-refractivity contribution in [2.24, 2.45) is 0 Å². The Balaban J connectivity index is 1.46. The number of rotatable bonds is 6. The van der Waals surface area contributed by atoms with Gasteiger partial charge in [0.1, 0.15) is 6.54 Å². The van der Waals surface area contributed by atoms with Crippen LogP contribution in [-0.2, 0) is 24.4 Å². The number of nitrogens with one attached hydrogen (secondary N) is 1. The van der Waals surface area contributed by atoms with Gasteiger partial charge in [-0.3, -0.25) is 14.2 Å². The Morgan fingerprint density at radius 3 is 2.61 bits per heavy atom. The molecule has 1 aromatic heterocycles. The summed E-state index contributed by atoms with van der Waals surface area (Å²) in [6.07, 6.45) is 0. The van der Waals surface area contributed by atoms with Crippen molar-refractivity contribution in [2.45, 2.75) is 39.5 Å². The van der Waals surface area contributed by atoms with Gasteiger partial charge in [-0.15, -0.1) is 5.10 Å². The molecule has 1 aliphatic heterocycles. The predicted molar refractivity (Wildman–Crippen MR) is 115 cm³/mol. The van der Waals surface area contributed by atoms with E-state index in [0.29, 0.717) is 19.6 Å². The van der Waals surface area contributed by atoms with Crippen LogP contribution in [0.5, 0.6) is 0 Å². The predicted octanol–water partition coefficient (Wildman–Crippen LogP) is 1.89. The van der Waals surface area contributed by atoms with Gasteiger partial charge < -0.3 is 10.2 Å². The number of amides is 2. The van der Waals surface area contributed by atoms with Gasteiger partial charge in [-0.2, -0.15) is 0 Å². The normalized spacial score (nSPS) is 14.3. The van der Waals surface area contributed by atoms with Gasteiger partial charge in [-0.1, -0.05) is 60.2 Å². The first-order valence-electron chi connectivity index (χ1n) is 10.3. The van der Waals surface area contributed by atoms with E-state index in [4.69, 9.17) is 0 Å². The zero-order valence-corrected chi connectivity index (χ0v) is 17.6. The number of fused-ring (bicyclic) bond motifs is 1. The van der Waals surface area contributed by atoms with Crippen molar-refractivity contribution in [3.05, 3.63) is 87.6 Å². The summed E-state index contributed by atoms with van der Waals surface area (Å²) in [5.41, 5.74) is 2.67. The number of carbonyl (C=O) groups is 2. The Bertz CT molecular complexity index is 1170. The third-order valence-electron chi connectivity index (χ3n) is 5.42. The lowest BCUT2D eigenvalue weighted by molar-refractivity contribution is -0.122. The summed E-state index contributed by atoms with van der Waals surface area (Å²) in [6, 6.07) is 17.3. The van der Waals surface area contributed by atoms with Gasteiger partial charge in [-0.25, -0.2) is 9.48 Å². The summed E-state index contributed by atoms with van der Waals surface area (Å²) in [5, 5.41) is 7.04. The van der Waals surface area contributed by atoms with Gasteiger partial charge in [0, 0.05) is 19.6 Å². The van der Waals surface area contributed by atoms with Crippen LogP contribution < -0.4 is 11.0 Å². The monoisotopic (exact) mass is 419 g/mol. The van der Waals surface area contributed by atoms with Gasteiger partial charge in [0.15, 0.2) is 0 Å². The molecule has 1 atom stereocenters. The number of hydrogen-bond acceptors (Lipinski definition) is 4. The molecule has 2 heterocycles. The second kappa shape index (κ2) is 8.59. The molecule has 0 spiro atoms. The van der Waals surface area contributed by atoms with E-state index in [0.717, 1.165) is 21.4 Å². The van der Waals surface area contributed by atoms with E-state index < -0.39 is 5.69 Å². The van der Waals surface area contributed by atoms with Crippen molar-refractivity contribution in [2.75, 3.05) is 6.54 Å². The highest BCUT2D eigenvalue weighted by atomic mass is 16.2. The number of aromatic nitrogens is 3. The molecule has 0 saturated heterocycles. The van der Waals surface area contributed by atoms with Crippen LogP contribution in [-0.4, -0.2) is 37.6 Å². The number of carbonyl (C=O) groups excluding carboxylic acids is 2. The SMILES string of the molecule is Cc1cccc(CN2CCn3c(nn(CC(=O)N[C@H](C)c4ccccc4)c3=O)C2=O)c1. The number of hydrogen-bond donors (Lipinski definition) is 1. The molecule has 0 aliphatic carbocycles. The van der Waals surface area contributed by atoms with E-state index in [1.165, 1.54) is 4.57 Å². The fourth-order valence-electron chi connectivity index (χ4n) is 3.80. The first-order valence-corrected chi connectivity index (χ1v) is 10.3. The third-order valence-corrected chi connectivity index (χ3v) is 5.42. The van der Waals surface area contributed by atoms with Crippen LogP contribution in [0, 0.1) is 6.92 Å². The lowest BCUT2D eigenvalue weighted by Crippen LogP contribution is -2.42. The van der Waals surface area contributed by atoms with E-state index in [1.54, 1.807) is 4.90 Å². The van der Waals surface area contributed by atoms with Crippen molar-refractivity contribution in [1.82, 2.24) is 24.6 Å². The van der Waals surface area contributed by atoms with Gasteiger partial charge in [-0.05, 0) is 25.0 Å². The molecule has 8 heteroatoms. The standard InChI is InChI=1S/C23H25N5O3/c1-16-7-6-8-18(13-16)14-26-11-12-27-21(22(26)30)25-28(23(27)31)15-20(29)24-17(2)19-9-4-3-5-10-19/h3-10,13,17H,11-12,14-15H2,1-2H3,(H,24,29)/t17-/m1/s1. The van der Waals surface area contributed by atoms with Gasteiger partial charge in [0.2, 0.25) is 11.7 Å². The first kappa shape index (κ1) is 20.6. The molecule has 31 heavy (non-hydrogen) atoms. The van der Waals surface area contributed by atoms with Crippen LogP contribution in [0.4, 0.5) is 0 Å². The average molecular weight is 419 g/mol. The molecule has 0 unspecified atom stereocenters. The lowest BCUT2D eigenvalue weighted by Gasteiger charge is -2.26. The molecular weight excluding hydrogens is 394 g/mol. The quantitative estimate of drug-likeness (QED) is 0.661. The summed E-state index contributed by atoms with van der Waals surface area (Å²) >= 11 is 0. The maximum absolute atomic E-state index is 12.9. The zero-order valence-electron chi connectivity index (χ0n) is 17.6. The molecular formula is C23H25N5O3. The van der Waals surface area contributed by atoms with E-state index >= 15 is 0 Å². The van der Waals surface area contributed by atoms with Crippen molar-refractivity contribution in [3.8, 4) is 0 Å². The molecule has 0 bridgehead atoms. The number of nitrogens with zero attached hydrogens (tertiary/aromatic N) is 4. The fraction of sp³-hybridized carbons (Fsp3) is 0.304. The summed E-state index contributed by atoms with van der Waals surface area (Å²) in [5.74, 6) is -0.563. The van der Waals surface area contributed by atoms with Crippen LogP contribution in [0.3, 0.4) is 0 Å². The van der Waals surface area contributed by atoms with Gasteiger partial charge in [0.05, 0.1) is 6.04 Å². The van der Waals surface area contributed by atoms with Crippen molar-refractivity contribution < 1.29 is 9.59 Å². The highest BCUT2D eigenvalue weighted by Crippen LogP contribution is 2.14. The third kappa shape index (κ3) is 4.42. The van der Waals surface area contributed by atoms with Gasteiger partial charge >= 0.3 is 5.69 Å². The zero-order chi connectivity index (χ0) is 22.0. The summed E-state index contributed by atoms with van der Waals surface area (Å²) in [7, 11) is 0. The minimum absolute atomic E-state index is 0.0767. The highest BCUT2D eigenvalue weighted by molar-refractivity contribution is 5.91. The Hall–Kier alpha value is -3.68.